The van der Waals surface area contributed by atoms with Gasteiger partial charge in [0.2, 0.25) is 5.91 Å². The summed E-state index contributed by atoms with van der Waals surface area (Å²) in [5.74, 6) is 1.49. The first-order valence-corrected chi connectivity index (χ1v) is 9.25. The molecular weight excluding hydrogens is 316 g/mol. The van der Waals surface area contributed by atoms with Crippen molar-refractivity contribution >= 4 is 11.7 Å². The SMILES string of the molecule is C[C@@H]1CN(c2ccccn2)C[C@H]1C(=O)NCCN1CCOC(C)(C)C1. The number of pyridine rings is 1. The van der Waals surface area contributed by atoms with Crippen molar-refractivity contribution in [1.82, 2.24) is 15.2 Å². The molecule has 6 heteroatoms. The van der Waals surface area contributed by atoms with Gasteiger partial charge >= 0.3 is 0 Å². The van der Waals surface area contributed by atoms with Crippen molar-refractivity contribution < 1.29 is 9.53 Å². The van der Waals surface area contributed by atoms with E-state index in [0.717, 1.165) is 45.1 Å². The summed E-state index contributed by atoms with van der Waals surface area (Å²) in [4.78, 5) is 21.6. The summed E-state index contributed by atoms with van der Waals surface area (Å²) in [5.41, 5.74) is -0.0919. The highest BCUT2D eigenvalue weighted by Crippen LogP contribution is 2.26. The number of carbonyl (C=O) groups excluding carboxylic acids is 1. The number of hydrogen-bond acceptors (Lipinski definition) is 5. The smallest absolute Gasteiger partial charge is 0.225 e. The van der Waals surface area contributed by atoms with Gasteiger partial charge in [-0.2, -0.15) is 0 Å². The van der Waals surface area contributed by atoms with Crippen LogP contribution in [0.4, 0.5) is 5.82 Å². The quantitative estimate of drug-likeness (QED) is 0.873. The predicted molar refractivity (Wildman–Crippen MR) is 98.6 cm³/mol. The molecule has 0 aliphatic carbocycles. The molecule has 0 radical (unpaired) electrons. The first-order valence-electron chi connectivity index (χ1n) is 9.25. The lowest BCUT2D eigenvalue weighted by Crippen LogP contribution is -2.50. The van der Waals surface area contributed by atoms with Gasteiger partial charge in [0, 0.05) is 45.5 Å². The van der Waals surface area contributed by atoms with Gasteiger partial charge in [-0.25, -0.2) is 4.98 Å². The number of amides is 1. The van der Waals surface area contributed by atoms with E-state index < -0.39 is 0 Å². The van der Waals surface area contributed by atoms with E-state index in [1.165, 1.54) is 0 Å². The number of aromatic nitrogens is 1. The average Bonchev–Trinajstić information content (AvgIpc) is 2.97. The molecule has 6 nitrogen and oxygen atoms in total. The summed E-state index contributed by atoms with van der Waals surface area (Å²) in [7, 11) is 0. The molecule has 0 saturated carbocycles. The Balaban J connectivity index is 1.45. The van der Waals surface area contributed by atoms with E-state index in [-0.39, 0.29) is 17.4 Å². The van der Waals surface area contributed by atoms with E-state index in [1.54, 1.807) is 6.20 Å². The number of rotatable bonds is 5. The van der Waals surface area contributed by atoms with Crippen molar-refractivity contribution in [3.05, 3.63) is 24.4 Å². The second kappa shape index (κ2) is 7.70. The topological polar surface area (TPSA) is 57.7 Å². The van der Waals surface area contributed by atoms with Crippen LogP contribution < -0.4 is 10.2 Å². The Morgan fingerprint density at radius 1 is 1.40 bits per heavy atom. The lowest BCUT2D eigenvalue weighted by atomic mass is 9.97. The molecule has 0 aromatic carbocycles. The van der Waals surface area contributed by atoms with Gasteiger partial charge in [0.1, 0.15) is 5.82 Å². The van der Waals surface area contributed by atoms with Crippen molar-refractivity contribution in [2.75, 3.05) is 50.8 Å². The fraction of sp³-hybridized carbons (Fsp3) is 0.684. The highest BCUT2D eigenvalue weighted by molar-refractivity contribution is 5.80. The summed E-state index contributed by atoms with van der Waals surface area (Å²) in [5, 5.41) is 3.13. The fourth-order valence-corrected chi connectivity index (χ4v) is 3.81. The second-order valence-corrected chi connectivity index (χ2v) is 7.85. The van der Waals surface area contributed by atoms with Crippen LogP contribution in [0.2, 0.25) is 0 Å². The van der Waals surface area contributed by atoms with Gasteiger partial charge in [-0.15, -0.1) is 0 Å². The van der Waals surface area contributed by atoms with Gasteiger partial charge in [-0.1, -0.05) is 13.0 Å². The monoisotopic (exact) mass is 346 g/mol. The van der Waals surface area contributed by atoms with Crippen LogP contribution in [0, 0.1) is 11.8 Å². The van der Waals surface area contributed by atoms with Crippen LogP contribution in [0.5, 0.6) is 0 Å². The zero-order chi connectivity index (χ0) is 17.9. The average molecular weight is 346 g/mol. The summed E-state index contributed by atoms with van der Waals surface area (Å²) in [6, 6.07) is 5.91. The van der Waals surface area contributed by atoms with Gasteiger partial charge in [-0.3, -0.25) is 9.69 Å². The van der Waals surface area contributed by atoms with Crippen LogP contribution in [-0.4, -0.2) is 67.3 Å². The Morgan fingerprint density at radius 2 is 2.24 bits per heavy atom. The Labute approximate surface area is 150 Å². The molecule has 0 bridgehead atoms. The first-order chi connectivity index (χ1) is 11.9. The Hall–Kier alpha value is -1.66. The van der Waals surface area contributed by atoms with Crippen LogP contribution in [0.3, 0.4) is 0 Å². The Kier molecular flexibility index (Phi) is 5.59. The minimum atomic E-state index is -0.0919. The minimum Gasteiger partial charge on any atom is -0.373 e. The molecule has 3 heterocycles. The summed E-state index contributed by atoms with van der Waals surface area (Å²) in [6.45, 7) is 12.2. The molecule has 0 spiro atoms. The van der Waals surface area contributed by atoms with E-state index in [9.17, 15) is 4.79 Å². The Morgan fingerprint density at radius 3 is 2.96 bits per heavy atom. The number of nitrogens with one attached hydrogen (secondary N) is 1. The summed E-state index contributed by atoms with van der Waals surface area (Å²) in [6.07, 6.45) is 1.80. The molecule has 1 aromatic heterocycles. The highest BCUT2D eigenvalue weighted by atomic mass is 16.5. The molecule has 1 aromatic rings. The first kappa shape index (κ1) is 18.1. The summed E-state index contributed by atoms with van der Waals surface area (Å²) >= 11 is 0. The van der Waals surface area contributed by atoms with Crippen LogP contribution in [-0.2, 0) is 9.53 Å². The lowest BCUT2D eigenvalue weighted by Gasteiger charge is -2.38. The summed E-state index contributed by atoms with van der Waals surface area (Å²) < 4.78 is 5.73. The van der Waals surface area contributed by atoms with Gasteiger partial charge < -0.3 is 15.0 Å². The molecule has 3 rings (SSSR count). The number of hydrogen-bond donors (Lipinski definition) is 1. The second-order valence-electron chi connectivity index (χ2n) is 7.85. The van der Waals surface area contributed by atoms with Crippen molar-refractivity contribution in [3.8, 4) is 0 Å². The van der Waals surface area contributed by atoms with E-state index in [1.807, 2.05) is 18.2 Å². The van der Waals surface area contributed by atoms with Gasteiger partial charge in [-0.05, 0) is 31.9 Å². The van der Waals surface area contributed by atoms with Crippen molar-refractivity contribution in [2.24, 2.45) is 11.8 Å². The molecule has 2 saturated heterocycles. The van der Waals surface area contributed by atoms with Crippen molar-refractivity contribution in [1.29, 1.82) is 0 Å². The van der Waals surface area contributed by atoms with Crippen LogP contribution in [0.15, 0.2) is 24.4 Å². The largest absolute Gasteiger partial charge is 0.373 e. The van der Waals surface area contributed by atoms with E-state index in [4.69, 9.17) is 4.74 Å². The molecule has 138 valence electrons. The zero-order valence-electron chi connectivity index (χ0n) is 15.6. The number of ether oxygens (including phenoxy) is 1. The molecular formula is C19H30N4O2. The van der Waals surface area contributed by atoms with Gasteiger partial charge in [0.05, 0.1) is 18.1 Å². The third-order valence-electron chi connectivity index (χ3n) is 5.15. The molecule has 0 unspecified atom stereocenters. The molecule has 1 amide bonds. The van der Waals surface area contributed by atoms with Crippen molar-refractivity contribution in [2.45, 2.75) is 26.4 Å². The zero-order valence-corrected chi connectivity index (χ0v) is 15.6. The molecule has 25 heavy (non-hydrogen) atoms. The van der Waals surface area contributed by atoms with Gasteiger partial charge in [0.15, 0.2) is 0 Å². The molecule has 2 atom stereocenters. The maximum absolute atomic E-state index is 12.6. The molecule has 2 aliphatic rings. The predicted octanol–water partition coefficient (Wildman–Crippen LogP) is 1.38. The van der Waals surface area contributed by atoms with Gasteiger partial charge in [0.25, 0.3) is 0 Å². The lowest BCUT2D eigenvalue weighted by molar-refractivity contribution is -0.125. The fourth-order valence-electron chi connectivity index (χ4n) is 3.81. The van der Waals surface area contributed by atoms with Crippen LogP contribution in [0.25, 0.3) is 0 Å². The van der Waals surface area contributed by atoms with E-state index >= 15 is 0 Å². The van der Waals surface area contributed by atoms with E-state index in [2.05, 4.69) is 40.9 Å². The van der Waals surface area contributed by atoms with Crippen LogP contribution >= 0.6 is 0 Å². The maximum atomic E-state index is 12.6. The Bertz CT molecular complexity index is 578. The third-order valence-corrected chi connectivity index (χ3v) is 5.15. The number of anilines is 1. The standard InChI is InChI=1S/C19H30N4O2/c1-15-12-23(17-6-4-5-7-20-17)13-16(15)18(24)21-8-9-22-10-11-25-19(2,3)14-22/h4-7,15-16H,8-14H2,1-3H3,(H,21,24)/t15-,16-/m1/s1. The van der Waals surface area contributed by atoms with Crippen LogP contribution in [0.1, 0.15) is 20.8 Å². The van der Waals surface area contributed by atoms with E-state index in [0.29, 0.717) is 12.5 Å². The third kappa shape index (κ3) is 4.70. The highest BCUT2D eigenvalue weighted by Gasteiger charge is 2.35. The maximum Gasteiger partial charge on any atom is 0.225 e. The number of nitrogens with zero attached hydrogens (tertiary/aromatic N) is 3. The molecule has 1 N–H and O–H groups in total. The number of carbonyl (C=O) groups is 1. The number of morpholine rings is 1. The van der Waals surface area contributed by atoms with Crippen molar-refractivity contribution in [3.63, 3.8) is 0 Å². The minimum absolute atomic E-state index is 0.0307. The normalized spacial score (nSPS) is 26.6. The molecule has 2 fully saturated rings. The molecule has 2 aliphatic heterocycles.